The molecule has 0 amide bonds. The van der Waals surface area contributed by atoms with Gasteiger partial charge in [-0.2, -0.15) is 0 Å². The van der Waals surface area contributed by atoms with Crippen molar-refractivity contribution >= 4 is 37.5 Å². The lowest BCUT2D eigenvalue weighted by Crippen LogP contribution is -2.15. The summed E-state index contributed by atoms with van der Waals surface area (Å²) in [5.74, 6) is -0.580. The van der Waals surface area contributed by atoms with Crippen LogP contribution >= 0.6 is 15.9 Å². The lowest BCUT2D eigenvalue weighted by Gasteiger charge is -2.10. The van der Waals surface area contributed by atoms with E-state index in [4.69, 9.17) is 5.73 Å². The van der Waals surface area contributed by atoms with E-state index in [2.05, 4.69) is 25.6 Å². The Morgan fingerprint density at radius 3 is 2.68 bits per heavy atom. The highest BCUT2D eigenvalue weighted by atomic mass is 79.9. The number of nitrogens with two attached hydrogens (primary N) is 1. The van der Waals surface area contributed by atoms with Crippen LogP contribution in [0.3, 0.4) is 0 Å². The molecule has 1 aromatic heterocycles. The molecule has 0 aliphatic heterocycles. The summed E-state index contributed by atoms with van der Waals surface area (Å²) in [7, 11) is -3.87. The summed E-state index contributed by atoms with van der Waals surface area (Å²) in [6, 6.07) is 6.41. The van der Waals surface area contributed by atoms with E-state index in [1.807, 2.05) is 0 Å². The van der Waals surface area contributed by atoms with Crippen LogP contribution in [0.15, 0.2) is 45.9 Å². The Morgan fingerprint density at radius 1 is 1.32 bits per heavy atom. The van der Waals surface area contributed by atoms with Gasteiger partial charge in [-0.3, -0.25) is 4.72 Å². The molecule has 1 heterocycles. The standard InChI is InChI=1S/C11H9BrFN3O2S/c12-8-6-7(13)3-4-9(8)16-19(17,18)10-2-1-5-15-11(10)14/h1-6,16H,(H2,14,15). The molecular weight excluding hydrogens is 337 g/mol. The van der Waals surface area contributed by atoms with Gasteiger partial charge >= 0.3 is 0 Å². The molecule has 8 heteroatoms. The van der Waals surface area contributed by atoms with Crippen LogP contribution in [-0.4, -0.2) is 13.4 Å². The molecule has 1 aromatic carbocycles. The average Bonchev–Trinajstić information content (AvgIpc) is 2.33. The highest BCUT2D eigenvalue weighted by molar-refractivity contribution is 9.10. The summed E-state index contributed by atoms with van der Waals surface area (Å²) in [6.45, 7) is 0. The maximum absolute atomic E-state index is 12.9. The van der Waals surface area contributed by atoms with E-state index in [1.54, 1.807) is 0 Å². The maximum Gasteiger partial charge on any atom is 0.265 e. The molecule has 5 nitrogen and oxygen atoms in total. The van der Waals surface area contributed by atoms with Gasteiger partial charge in [-0.15, -0.1) is 0 Å². The first-order chi connectivity index (χ1) is 8.90. The van der Waals surface area contributed by atoms with Gasteiger partial charge < -0.3 is 5.73 Å². The molecule has 0 aliphatic carbocycles. The van der Waals surface area contributed by atoms with Crippen LogP contribution in [0.4, 0.5) is 15.9 Å². The molecule has 0 saturated heterocycles. The number of pyridine rings is 1. The van der Waals surface area contributed by atoms with E-state index in [0.717, 1.165) is 12.1 Å². The molecular formula is C11H9BrFN3O2S. The molecule has 0 aliphatic rings. The molecule has 0 fully saturated rings. The van der Waals surface area contributed by atoms with Gasteiger partial charge in [0.2, 0.25) is 0 Å². The summed E-state index contributed by atoms with van der Waals surface area (Å²) in [4.78, 5) is 3.58. The number of hydrogen-bond acceptors (Lipinski definition) is 4. The zero-order valence-corrected chi connectivity index (χ0v) is 11.9. The van der Waals surface area contributed by atoms with E-state index in [0.29, 0.717) is 4.47 Å². The predicted octanol–water partition coefficient (Wildman–Crippen LogP) is 2.37. The normalized spacial score (nSPS) is 11.3. The van der Waals surface area contributed by atoms with Crippen molar-refractivity contribution in [3.63, 3.8) is 0 Å². The molecule has 0 bridgehead atoms. The molecule has 100 valence electrons. The number of anilines is 2. The van der Waals surface area contributed by atoms with Gasteiger partial charge in [0, 0.05) is 10.7 Å². The van der Waals surface area contributed by atoms with E-state index in [1.165, 1.54) is 24.4 Å². The van der Waals surface area contributed by atoms with Crippen LogP contribution < -0.4 is 10.5 Å². The van der Waals surface area contributed by atoms with Gasteiger partial charge in [0.1, 0.15) is 16.5 Å². The van der Waals surface area contributed by atoms with Crippen molar-refractivity contribution in [1.29, 1.82) is 0 Å². The number of aromatic nitrogens is 1. The first kappa shape index (κ1) is 13.8. The Morgan fingerprint density at radius 2 is 2.05 bits per heavy atom. The number of nitrogens with one attached hydrogen (secondary N) is 1. The van der Waals surface area contributed by atoms with Gasteiger partial charge in [-0.05, 0) is 46.3 Å². The highest BCUT2D eigenvalue weighted by Gasteiger charge is 2.19. The minimum Gasteiger partial charge on any atom is -0.383 e. The van der Waals surface area contributed by atoms with Crippen LogP contribution in [0.25, 0.3) is 0 Å². The molecule has 0 saturated carbocycles. The van der Waals surface area contributed by atoms with Crippen molar-refractivity contribution < 1.29 is 12.8 Å². The lowest BCUT2D eigenvalue weighted by molar-refractivity contribution is 0.601. The third-order valence-electron chi connectivity index (χ3n) is 2.26. The van der Waals surface area contributed by atoms with Crippen molar-refractivity contribution in [3.8, 4) is 0 Å². The number of benzene rings is 1. The Balaban J connectivity index is 2.40. The van der Waals surface area contributed by atoms with Gasteiger partial charge in [0.15, 0.2) is 0 Å². The van der Waals surface area contributed by atoms with Crippen molar-refractivity contribution in [2.24, 2.45) is 0 Å². The number of nitrogen functional groups attached to an aromatic ring is 1. The minimum atomic E-state index is -3.87. The minimum absolute atomic E-state index is 0.103. The molecule has 2 rings (SSSR count). The second-order valence-corrected chi connectivity index (χ2v) is 6.12. The Bertz CT molecular complexity index is 722. The number of hydrogen-bond donors (Lipinski definition) is 2. The van der Waals surface area contributed by atoms with Crippen LogP contribution in [-0.2, 0) is 10.0 Å². The second-order valence-electron chi connectivity index (χ2n) is 3.62. The Kier molecular flexibility index (Phi) is 3.72. The predicted molar refractivity (Wildman–Crippen MR) is 73.6 cm³/mol. The SMILES string of the molecule is Nc1ncccc1S(=O)(=O)Nc1ccc(F)cc1Br. The van der Waals surface area contributed by atoms with Crippen LogP contribution in [0.2, 0.25) is 0 Å². The summed E-state index contributed by atoms with van der Waals surface area (Å²) in [5.41, 5.74) is 5.73. The van der Waals surface area contributed by atoms with Gasteiger partial charge in [-0.25, -0.2) is 17.8 Å². The van der Waals surface area contributed by atoms with Gasteiger partial charge in [0.25, 0.3) is 10.0 Å². The molecule has 19 heavy (non-hydrogen) atoms. The van der Waals surface area contributed by atoms with E-state index in [9.17, 15) is 12.8 Å². The second kappa shape index (κ2) is 5.14. The van der Waals surface area contributed by atoms with Gasteiger partial charge in [0.05, 0.1) is 5.69 Å². The molecule has 0 radical (unpaired) electrons. The third-order valence-corrected chi connectivity index (χ3v) is 4.33. The molecule has 0 spiro atoms. The number of halogens is 2. The quantitative estimate of drug-likeness (QED) is 0.894. The fraction of sp³-hybridized carbons (Fsp3) is 0. The summed E-state index contributed by atoms with van der Waals surface area (Å²) >= 11 is 3.08. The fourth-order valence-corrected chi connectivity index (χ4v) is 3.15. The third kappa shape index (κ3) is 3.02. The monoisotopic (exact) mass is 345 g/mol. The Labute approximate surface area is 117 Å². The molecule has 0 unspecified atom stereocenters. The van der Waals surface area contributed by atoms with Crippen LogP contribution in [0.1, 0.15) is 0 Å². The summed E-state index contributed by atoms with van der Waals surface area (Å²) < 4.78 is 39.8. The molecule has 3 N–H and O–H groups in total. The van der Waals surface area contributed by atoms with E-state index in [-0.39, 0.29) is 16.4 Å². The first-order valence-corrected chi connectivity index (χ1v) is 7.36. The van der Waals surface area contributed by atoms with Crippen LogP contribution in [0.5, 0.6) is 0 Å². The van der Waals surface area contributed by atoms with Crippen molar-refractivity contribution in [2.45, 2.75) is 4.90 Å². The van der Waals surface area contributed by atoms with Crippen molar-refractivity contribution in [2.75, 3.05) is 10.5 Å². The fourth-order valence-electron chi connectivity index (χ4n) is 1.40. The Hall–Kier alpha value is -1.67. The van der Waals surface area contributed by atoms with Crippen molar-refractivity contribution in [3.05, 3.63) is 46.8 Å². The zero-order chi connectivity index (χ0) is 14.0. The number of nitrogens with zero attached hydrogens (tertiary/aromatic N) is 1. The highest BCUT2D eigenvalue weighted by Crippen LogP contribution is 2.26. The average molecular weight is 346 g/mol. The number of rotatable bonds is 3. The van der Waals surface area contributed by atoms with Crippen LogP contribution in [0, 0.1) is 5.82 Å². The van der Waals surface area contributed by atoms with E-state index >= 15 is 0 Å². The summed E-state index contributed by atoms with van der Waals surface area (Å²) in [5, 5.41) is 0. The lowest BCUT2D eigenvalue weighted by atomic mass is 10.3. The smallest absolute Gasteiger partial charge is 0.265 e. The largest absolute Gasteiger partial charge is 0.383 e. The molecule has 2 aromatic rings. The first-order valence-electron chi connectivity index (χ1n) is 5.08. The van der Waals surface area contributed by atoms with Gasteiger partial charge in [-0.1, -0.05) is 0 Å². The number of sulfonamides is 1. The summed E-state index contributed by atoms with van der Waals surface area (Å²) in [6.07, 6.45) is 1.39. The maximum atomic E-state index is 12.9. The zero-order valence-electron chi connectivity index (χ0n) is 9.47. The van der Waals surface area contributed by atoms with Crippen molar-refractivity contribution in [1.82, 2.24) is 4.98 Å². The van der Waals surface area contributed by atoms with E-state index < -0.39 is 15.8 Å². The molecule has 0 atom stereocenters. The topological polar surface area (TPSA) is 85.1 Å².